The van der Waals surface area contributed by atoms with E-state index in [2.05, 4.69) is 41.5 Å². The lowest BCUT2D eigenvalue weighted by Crippen LogP contribution is -2.50. The number of hydrogen-bond acceptors (Lipinski definition) is 4. The van der Waals surface area contributed by atoms with Crippen LogP contribution in [0.5, 0.6) is 17.2 Å². The monoisotopic (exact) mass is 426 g/mol. The standard InChI is InChI=1S/C25H34O4Si/c1-16(2)30(17(3)4,18(5)6)29-21-11-9-20(10-12-21)25(27)28-22-13-14-24(26)23(15-22)19-7-8-19/h9-19,26H,7-8H2,1-6H3. The van der Waals surface area contributed by atoms with Crippen LogP contribution in [0, 0.1) is 0 Å². The zero-order chi connectivity index (χ0) is 22.1. The van der Waals surface area contributed by atoms with Gasteiger partial charge in [0.25, 0.3) is 8.32 Å². The molecule has 0 spiro atoms. The van der Waals surface area contributed by atoms with Crippen LogP contribution < -0.4 is 9.16 Å². The maximum atomic E-state index is 12.6. The molecule has 0 bridgehead atoms. The lowest BCUT2D eigenvalue weighted by molar-refractivity contribution is 0.0734. The van der Waals surface area contributed by atoms with Crippen molar-refractivity contribution in [3.8, 4) is 17.2 Å². The van der Waals surface area contributed by atoms with Gasteiger partial charge in [-0.1, -0.05) is 41.5 Å². The minimum atomic E-state index is -2.03. The van der Waals surface area contributed by atoms with Crippen LogP contribution in [0.25, 0.3) is 0 Å². The molecule has 0 heterocycles. The van der Waals surface area contributed by atoms with Crippen LogP contribution in [-0.4, -0.2) is 19.4 Å². The third kappa shape index (κ3) is 4.56. The zero-order valence-electron chi connectivity index (χ0n) is 18.9. The summed E-state index contributed by atoms with van der Waals surface area (Å²) in [6.45, 7) is 13.5. The number of rotatable bonds is 8. The number of esters is 1. The van der Waals surface area contributed by atoms with E-state index in [9.17, 15) is 9.90 Å². The first-order chi connectivity index (χ1) is 14.1. The Kier molecular flexibility index (Phi) is 6.61. The Morgan fingerprint density at radius 2 is 1.43 bits per heavy atom. The normalized spacial score (nSPS) is 14.4. The third-order valence-electron chi connectivity index (χ3n) is 6.32. The minimum Gasteiger partial charge on any atom is -0.543 e. The van der Waals surface area contributed by atoms with Crippen molar-refractivity contribution in [2.45, 2.75) is 76.9 Å². The second kappa shape index (κ2) is 8.84. The van der Waals surface area contributed by atoms with Gasteiger partial charge in [0.05, 0.1) is 5.56 Å². The van der Waals surface area contributed by atoms with Crippen molar-refractivity contribution in [1.82, 2.24) is 0 Å². The van der Waals surface area contributed by atoms with Gasteiger partial charge in [-0.05, 0) is 77.8 Å². The van der Waals surface area contributed by atoms with Crippen molar-refractivity contribution in [2.24, 2.45) is 0 Å². The van der Waals surface area contributed by atoms with E-state index in [1.54, 1.807) is 30.3 Å². The van der Waals surface area contributed by atoms with Gasteiger partial charge in [0.15, 0.2) is 0 Å². The summed E-state index contributed by atoms with van der Waals surface area (Å²) in [4.78, 5) is 12.6. The van der Waals surface area contributed by atoms with Crippen molar-refractivity contribution >= 4 is 14.3 Å². The van der Waals surface area contributed by atoms with E-state index in [0.29, 0.717) is 33.9 Å². The molecule has 0 amide bonds. The number of aromatic hydroxyl groups is 1. The van der Waals surface area contributed by atoms with Gasteiger partial charge in [0.1, 0.15) is 17.2 Å². The molecular weight excluding hydrogens is 392 g/mol. The summed E-state index contributed by atoms with van der Waals surface area (Å²) >= 11 is 0. The summed E-state index contributed by atoms with van der Waals surface area (Å²) in [6, 6.07) is 12.3. The predicted molar refractivity (Wildman–Crippen MR) is 123 cm³/mol. The van der Waals surface area contributed by atoms with Gasteiger partial charge >= 0.3 is 5.97 Å². The van der Waals surface area contributed by atoms with Gasteiger partial charge in [0, 0.05) is 5.56 Å². The molecule has 5 heteroatoms. The van der Waals surface area contributed by atoms with Crippen LogP contribution >= 0.6 is 0 Å². The number of phenolic OH excluding ortho intramolecular Hbond substituents is 1. The van der Waals surface area contributed by atoms with E-state index in [1.807, 2.05) is 12.1 Å². The summed E-state index contributed by atoms with van der Waals surface area (Å²) in [6.07, 6.45) is 2.14. The number of ether oxygens (including phenoxy) is 1. The van der Waals surface area contributed by atoms with E-state index >= 15 is 0 Å². The molecule has 1 aliphatic rings. The van der Waals surface area contributed by atoms with Crippen molar-refractivity contribution < 1.29 is 19.1 Å². The molecule has 0 aliphatic heterocycles. The first-order valence-electron chi connectivity index (χ1n) is 11.0. The topological polar surface area (TPSA) is 55.8 Å². The van der Waals surface area contributed by atoms with Gasteiger partial charge in [-0.15, -0.1) is 0 Å². The highest BCUT2D eigenvalue weighted by Crippen LogP contribution is 2.45. The van der Waals surface area contributed by atoms with E-state index < -0.39 is 14.3 Å². The molecule has 1 N–H and O–H groups in total. The molecule has 2 aromatic carbocycles. The van der Waals surface area contributed by atoms with Crippen LogP contribution in [0.4, 0.5) is 0 Å². The average Bonchev–Trinajstić information content (AvgIpc) is 3.52. The Balaban J connectivity index is 1.73. The Morgan fingerprint density at radius 3 is 1.93 bits per heavy atom. The predicted octanol–water partition coefficient (Wildman–Crippen LogP) is 7.04. The largest absolute Gasteiger partial charge is 0.543 e. The summed E-state index contributed by atoms with van der Waals surface area (Å²) in [5.41, 5.74) is 2.79. The second-order valence-electron chi connectivity index (χ2n) is 9.33. The Hall–Kier alpha value is -2.27. The number of hydrogen-bond donors (Lipinski definition) is 1. The highest BCUT2D eigenvalue weighted by molar-refractivity contribution is 6.78. The highest BCUT2D eigenvalue weighted by Gasteiger charge is 2.47. The van der Waals surface area contributed by atoms with E-state index in [4.69, 9.17) is 9.16 Å². The van der Waals surface area contributed by atoms with Crippen LogP contribution in [0.2, 0.25) is 16.6 Å². The van der Waals surface area contributed by atoms with Crippen molar-refractivity contribution in [3.63, 3.8) is 0 Å². The zero-order valence-corrected chi connectivity index (χ0v) is 19.9. The molecule has 162 valence electrons. The van der Waals surface area contributed by atoms with Gasteiger partial charge < -0.3 is 14.3 Å². The van der Waals surface area contributed by atoms with Gasteiger partial charge in [-0.2, -0.15) is 0 Å². The number of carbonyl (C=O) groups is 1. The molecule has 1 fully saturated rings. The summed E-state index contributed by atoms with van der Waals surface area (Å²) < 4.78 is 12.2. The summed E-state index contributed by atoms with van der Waals surface area (Å²) in [5, 5.41) is 9.99. The molecule has 0 unspecified atom stereocenters. The molecule has 1 saturated carbocycles. The fourth-order valence-electron chi connectivity index (χ4n) is 4.70. The molecule has 4 nitrogen and oxygen atoms in total. The molecule has 30 heavy (non-hydrogen) atoms. The quantitative estimate of drug-likeness (QED) is 0.279. The van der Waals surface area contributed by atoms with Crippen molar-refractivity contribution in [3.05, 3.63) is 53.6 Å². The molecule has 1 aliphatic carbocycles. The Labute approximate surface area is 181 Å². The van der Waals surface area contributed by atoms with Gasteiger partial charge in [-0.25, -0.2) is 4.79 Å². The van der Waals surface area contributed by atoms with Crippen LogP contribution in [0.1, 0.15) is 76.2 Å². The van der Waals surface area contributed by atoms with E-state index in [0.717, 1.165) is 24.2 Å². The number of benzene rings is 2. The molecular formula is C25H34O4Si. The number of carbonyl (C=O) groups excluding carboxylic acids is 1. The van der Waals surface area contributed by atoms with Gasteiger partial charge in [-0.3, -0.25) is 0 Å². The van der Waals surface area contributed by atoms with E-state index in [-0.39, 0.29) is 5.75 Å². The number of phenols is 1. The second-order valence-corrected chi connectivity index (χ2v) is 14.7. The smallest absolute Gasteiger partial charge is 0.343 e. The fourth-order valence-corrected chi connectivity index (χ4v) is 9.95. The molecule has 3 rings (SSSR count). The maximum Gasteiger partial charge on any atom is 0.343 e. The van der Waals surface area contributed by atoms with Crippen molar-refractivity contribution in [1.29, 1.82) is 0 Å². The fraction of sp³-hybridized carbons (Fsp3) is 0.480. The lowest BCUT2D eigenvalue weighted by Gasteiger charge is -2.42. The van der Waals surface area contributed by atoms with Crippen LogP contribution in [-0.2, 0) is 0 Å². The summed E-state index contributed by atoms with van der Waals surface area (Å²) in [7, 11) is -2.03. The Bertz CT molecular complexity index is 861. The molecule has 0 radical (unpaired) electrons. The summed E-state index contributed by atoms with van der Waals surface area (Å²) in [5.74, 6) is 1.52. The SMILES string of the molecule is CC(C)[Si](Oc1ccc(C(=O)Oc2ccc(O)c(C3CC3)c2)cc1)(C(C)C)C(C)C. The molecule has 0 aromatic heterocycles. The highest BCUT2D eigenvalue weighted by atomic mass is 28.4. The van der Waals surface area contributed by atoms with Gasteiger partial charge in [0.2, 0.25) is 0 Å². The third-order valence-corrected chi connectivity index (χ3v) is 12.3. The maximum absolute atomic E-state index is 12.6. The van der Waals surface area contributed by atoms with Crippen molar-refractivity contribution in [2.75, 3.05) is 0 Å². The van der Waals surface area contributed by atoms with Crippen LogP contribution in [0.15, 0.2) is 42.5 Å². The first-order valence-corrected chi connectivity index (χ1v) is 13.1. The average molecular weight is 427 g/mol. The van der Waals surface area contributed by atoms with E-state index in [1.165, 1.54) is 0 Å². The van der Waals surface area contributed by atoms with Crippen LogP contribution in [0.3, 0.4) is 0 Å². The molecule has 0 atom stereocenters. The Morgan fingerprint density at radius 1 is 0.900 bits per heavy atom. The first kappa shape index (κ1) is 22.4. The molecule has 0 saturated heterocycles. The molecule has 2 aromatic rings. The lowest BCUT2D eigenvalue weighted by atomic mass is 10.1. The minimum absolute atomic E-state index is 0.270.